The molecule has 0 aromatic carbocycles. The second kappa shape index (κ2) is 4.36. The fourth-order valence-corrected chi connectivity index (χ4v) is 2.55. The Morgan fingerprint density at radius 1 is 1.33 bits per heavy atom. The van der Waals surface area contributed by atoms with E-state index < -0.39 is 18.3 Å². The average molecular weight is 289 g/mol. The van der Waals surface area contributed by atoms with Crippen molar-refractivity contribution >= 4 is 28.8 Å². The zero-order chi connectivity index (χ0) is 12.9. The smallest absolute Gasteiger partial charge is 0.154 e. The number of pyridine rings is 1. The summed E-state index contributed by atoms with van der Waals surface area (Å²) in [4.78, 5) is 4.16. The van der Waals surface area contributed by atoms with Crippen LogP contribution in [0.25, 0.3) is 5.65 Å². The van der Waals surface area contributed by atoms with E-state index >= 15 is 0 Å². The van der Waals surface area contributed by atoms with Crippen LogP contribution in [0.3, 0.4) is 0 Å². The van der Waals surface area contributed by atoms with E-state index in [-0.39, 0.29) is 11.8 Å². The lowest BCUT2D eigenvalue weighted by molar-refractivity contribution is 0.0202. The number of hydrogen-bond acceptors (Lipinski definition) is 4. The molecule has 0 saturated carbocycles. The molecule has 1 saturated heterocycles. The van der Waals surface area contributed by atoms with Gasteiger partial charge in [0, 0.05) is 6.20 Å². The Morgan fingerprint density at radius 2 is 2.11 bits per heavy atom. The number of aliphatic hydroxyl groups is 2. The van der Waals surface area contributed by atoms with Gasteiger partial charge in [-0.1, -0.05) is 23.2 Å². The molecule has 1 aliphatic rings. The van der Waals surface area contributed by atoms with Crippen LogP contribution in [0, 0.1) is 0 Å². The highest BCUT2D eigenvalue weighted by molar-refractivity contribution is 6.31. The number of rotatable bonds is 1. The highest BCUT2D eigenvalue weighted by atomic mass is 35.5. The first kappa shape index (κ1) is 12.2. The topological polar surface area (TPSA) is 67.0 Å². The summed E-state index contributed by atoms with van der Waals surface area (Å²) in [5.41, 5.74) is 1.11. The minimum absolute atomic E-state index is 0.0654. The number of imidazole rings is 1. The molecule has 0 spiro atoms. The predicted molar refractivity (Wildman–Crippen MR) is 65.9 cm³/mol. The third kappa shape index (κ3) is 1.79. The second-order valence-electron chi connectivity index (χ2n) is 4.18. The van der Waals surface area contributed by atoms with Crippen LogP contribution in [0.1, 0.15) is 11.8 Å². The molecule has 3 atom stereocenters. The van der Waals surface area contributed by atoms with Gasteiger partial charge in [-0.05, 0) is 12.1 Å². The quantitative estimate of drug-likeness (QED) is 0.833. The van der Waals surface area contributed by atoms with Crippen LogP contribution in [-0.2, 0) is 4.74 Å². The first-order valence-electron chi connectivity index (χ1n) is 5.38. The van der Waals surface area contributed by atoms with Crippen molar-refractivity contribution in [3.63, 3.8) is 0 Å². The molecular formula is C11H10Cl2N2O3. The second-order valence-corrected chi connectivity index (χ2v) is 4.97. The van der Waals surface area contributed by atoms with E-state index in [0.29, 0.717) is 16.4 Å². The zero-order valence-electron chi connectivity index (χ0n) is 9.12. The fraction of sp³-hybridized carbons (Fsp3) is 0.364. The maximum atomic E-state index is 9.87. The van der Waals surface area contributed by atoms with Crippen molar-refractivity contribution in [3.05, 3.63) is 34.2 Å². The third-order valence-electron chi connectivity index (χ3n) is 2.99. The van der Waals surface area contributed by atoms with Gasteiger partial charge in [-0.3, -0.25) is 4.40 Å². The third-order valence-corrected chi connectivity index (χ3v) is 3.50. The molecule has 0 amide bonds. The molecule has 1 aliphatic heterocycles. The Kier molecular flexibility index (Phi) is 2.96. The highest BCUT2D eigenvalue weighted by Gasteiger charge is 2.38. The van der Waals surface area contributed by atoms with Crippen LogP contribution < -0.4 is 0 Å². The van der Waals surface area contributed by atoms with Crippen LogP contribution in [0.15, 0.2) is 18.3 Å². The Labute approximate surface area is 113 Å². The molecule has 3 rings (SSSR count). The van der Waals surface area contributed by atoms with E-state index in [9.17, 15) is 10.2 Å². The maximum absolute atomic E-state index is 9.87. The van der Waals surface area contributed by atoms with Crippen molar-refractivity contribution in [1.82, 2.24) is 9.38 Å². The van der Waals surface area contributed by atoms with Gasteiger partial charge in [-0.2, -0.15) is 0 Å². The summed E-state index contributed by atoms with van der Waals surface area (Å²) in [6.07, 6.45) is -1.01. The van der Waals surface area contributed by atoms with E-state index in [4.69, 9.17) is 27.9 Å². The summed E-state index contributed by atoms with van der Waals surface area (Å²) in [7, 11) is 0. The molecule has 3 heterocycles. The molecular weight excluding hydrogens is 279 g/mol. The van der Waals surface area contributed by atoms with Gasteiger partial charge in [0.15, 0.2) is 5.15 Å². The van der Waals surface area contributed by atoms with E-state index in [1.165, 1.54) is 0 Å². The van der Waals surface area contributed by atoms with Gasteiger partial charge in [0.05, 0.1) is 17.3 Å². The Hall–Kier alpha value is -0.850. The van der Waals surface area contributed by atoms with E-state index in [0.717, 1.165) is 0 Å². The molecule has 2 aromatic rings. The molecule has 1 fully saturated rings. The number of halogens is 2. The number of aromatic nitrogens is 2. The molecule has 18 heavy (non-hydrogen) atoms. The first-order chi connectivity index (χ1) is 8.58. The van der Waals surface area contributed by atoms with Crippen LogP contribution in [0.5, 0.6) is 0 Å². The van der Waals surface area contributed by atoms with Gasteiger partial charge in [-0.25, -0.2) is 4.98 Å². The van der Waals surface area contributed by atoms with Gasteiger partial charge >= 0.3 is 0 Å². The summed E-state index contributed by atoms with van der Waals surface area (Å²) >= 11 is 12.0. The summed E-state index contributed by atoms with van der Waals surface area (Å²) in [5.74, 6) is 0. The van der Waals surface area contributed by atoms with Crippen LogP contribution >= 0.6 is 23.2 Å². The molecule has 0 aliphatic carbocycles. The lowest BCUT2D eigenvalue weighted by atomic mass is 10.1. The number of hydrogen-bond donors (Lipinski definition) is 2. The largest absolute Gasteiger partial charge is 0.388 e. The first-order valence-corrected chi connectivity index (χ1v) is 6.14. The SMILES string of the molecule is O[C@@H]1COC(c2c(Cl)nc3ccc(Cl)cn23)[C@@H]1O. The van der Waals surface area contributed by atoms with E-state index in [2.05, 4.69) is 4.98 Å². The summed E-state index contributed by atoms with van der Waals surface area (Å²) in [5, 5.41) is 20.1. The summed E-state index contributed by atoms with van der Waals surface area (Å²) in [6, 6.07) is 3.42. The highest BCUT2D eigenvalue weighted by Crippen LogP contribution is 2.34. The minimum Gasteiger partial charge on any atom is -0.388 e. The number of fused-ring (bicyclic) bond motifs is 1. The van der Waals surface area contributed by atoms with Gasteiger partial charge in [0.25, 0.3) is 0 Å². The van der Waals surface area contributed by atoms with Gasteiger partial charge in [0.2, 0.25) is 0 Å². The van der Waals surface area contributed by atoms with Crippen LogP contribution in [-0.4, -0.2) is 38.4 Å². The lowest BCUT2D eigenvalue weighted by Crippen LogP contribution is -2.25. The molecule has 1 unspecified atom stereocenters. The van der Waals surface area contributed by atoms with Crippen molar-refractivity contribution in [2.75, 3.05) is 6.61 Å². The Bertz CT molecular complexity index is 601. The molecule has 2 aromatic heterocycles. The zero-order valence-corrected chi connectivity index (χ0v) is 10.6. The number of ether oxygens (including phenoxy) is 1. The lowest BCUT2D eigenvalue weighted by Gasteiger charge is -2.15. The van der Waals surface area contributed by atoms with Gasteiger partial charge < -0.3 is 14.9 Å². The van der Waals surface area contributed by atoms with E-state index in [1.807, 2.05) is 0 Å². The molecule has 2 N–H and O–H groups in total. The molecule has 96 valence electrons. The monoisotopic (exact) mass is 288 g/mol. The van der Waals surface area contributed by atoms with Crippen LogP contribution in [0.2, 0.25) is 10.2 Å². The number of nitrogens with zero attached hydrogens (tertiary/aromatic N) is 2. The molecule has 7 heteroatoms. The van der Waals surface area contributed by atoms with Gasteiger partial charge in [0.1, 0.15) is 24.0 Å². The van der Waals surface area contributed by atoms with E-state index in [1.54, 1.807) is 22.7 Å². The standard InChI is InChI=1S/C11H10Cl2N2O3/c12-5-1-2-7-14-11(13)8(15(7)3-5)10-9(17)6(16)4-18-10/h1-3,6,9-10,16-17H,4H2/t6-,9-,10?/m1/s1. The van der Waals surface area contributed by atoms with Crippen molar-refractivity contribution in [1.29, 1.82) is 0 Å². The summed E-state index contributed by atoms with van der Waals surface area (Å²) < 4.78 is 7.03. The molecule has 5 nitrogen and oxygen atoms in total. The fourth-order valence-electron chi connectivity index (χ4n) is 2.10. The maximum Gasteiger partial charge on any atom is 0.154 e. The Morgan fingerprint density at radius 3 is 2.78 bits per heavy atom. The normalized spacial score (nSPS) is 28.1. The minimum atomic E-state index is -1.03. The molecule has 0 bridgehead atoms. The van der Waals surface area contributed by atoms with Crippen molar-refractivity contribution < 1.29 is 14.9 Å². The van der Waals surface area contributed by atoms with Gasteiger partial charge in [-0.15, -0.1) is 0 Å². The summed E-state index contributed by atoms with van der Waals surface area (Å²) in [6.45, 7) is 0.0654. The van der Waals surface area contributed by atoms with Crippen molar-refractivity contribution in [2.45, 2.75) is 18.3 Å². The predicted octanol–water partition coefficient (Wildman–Crippen LogP) is 1.43. The van der Waals surface area contributed by atoms with Crippen molar-refractivity contribution in [3.8, 4) is 0 Å². The van der Waals surface area contributed by atoms with Crippen LogP contribution in [0.4, 0.5) is 0 Å². The van der Waals surface area contributed by atoms with Crippen molar-refractivity contribution in [2.24, 2.45) is 0 Å². The Balaban J connectivity index is 2.16. The number of aliphatic hydroxyl groups excluding tert-OH is 2. The molecule has 0 radical (unpaired) electrons. The average Bonchev–Trinajstić information content (AvgIpc) is 2.81.